The van der Waals surface area contributed by atoms with Gasteiger partial charge in [-0.05, 0) is 70.6 Å². The summed E-state index contributed by atoms with van der Waals surface area (Å²) in [5.74, 6) is 1.09. The van der Waals surface area contributed by atoms with Gasteiger partial charge in [0, 0.05) is 29.9 Å². The maximum absolute atomic E-state index is 13.5. The topological polar surface area (TPSA) is 50.5 Å². The molecule has 0 bridgehead atoms. The second kappa shape index (κ2) is 8.61. The molecule has 1 fully saturated rings. The van der Waals surface area contributed by atoms with Gasteiger partial charge in [0.25, 0.3) is 0 Å². The molecule has 3 aromatic rings. The molecule has 2 unspecified atom stereocenters. The van der Waals surface area contributed by atoms with E-state index in [1.54, 1.807) is 19.4 Å². The van der Waals surface area contributed by atoms with E-state index in [2.05, 4.69) is 31.1 Å². The summed E-state index contributed by atoms with van der Waals surface area (Å²) in [4.78, 5) is 6.56. The summed E-state index contributed by atoms with van der Waals surface area (Å²) in [7, 11) is 1.66. The van der Waals surface area contributed by atoms with E-state index in [9.17, 15) is 4.39 Å². The maximum Gasteiger partial charge on any atom is 0.170 e. The van der Waals surface area contributed by atoms with Gasteiger partial charge in [-0.2, -0.15) is 0 Å². The second-order valence-corrected chi connectivity index (χ2v) is 7.88. The number of hydrogen-bond acceptors (Lipinski definition) is 4. The van der Waals surface area contributed by atoms with Crippen molar-refractivity contribution in [3.05, 3.63) is 76.5 Å². The van der Waals surface area contributed by atoms with Crippen LogP contribution in [0.4, 0.5) is 4.39 Å². The normalized spacial score (nSPS) is 18.9. The van der Waals surface area contributed by atoms with E-state index < -0.39 is 0 Å². The van der Waals surface area contributed by atoms with Gasteiger partial charge in [0.2, 0.25) is 0 Å². The number of nitrogens with one attached hydrogen (secondary N) is 1. The van der Waals surface area contributed by atoms with Crippen molar-refractivity contribution in [2.45, 2.75) is 12.1 Å². The summed E-state index contributed by atoms with van der Waals surface area (Å²) < 4.78 is 25.6. The predicted octanol–water partition coefficient (Wildman–Crippen LogP) is 4.86. The predicted molar refractivity (Wildman–Crippen MR) is 116 cm³/mol. The summed E-state index contributed by atoms with van der Waals surface area (Å²) >= 11 is 8.99. The Balaban J connectivity index is 1.72. The fraction of sp³-hybridized carbons (Fsp3) is 0.238. The third kappa shape index (κ3) is 4.05. The van der Waals surface area contributed by atoms with Crippen molar-refractivity contribution in [1.82, 2.24) is 15.2 Å². The van der Waals surface area contributed by atoms with Gasteiger partial charge in [0.1, 0.15) is 23.4 Å². The number of ether oxygens (including phenoxy) is 1. The first-order chi connectivity index (χ1) is 14.1. The van der Waals surface area contributed by atoms with Crippen LogP contribution in [0.3, 0.4) is 0 Å². The fourth-order valence-corrected chi connectivity index (χ4v) is 4.37. The molecule has 0 amide bonds. The highest BCUT2D eigenvalue weighted by Crippen LogP contribution is 2.41. The van der Waals surface area contributed by atoms with Gasteiger partial charge in [0.15, 0.2) is 5.11 Å². The molecule has 8 heteroatoms. The molecule has 3 heterocycles. The molecule has 1 aliphatic rings. The zero-order valence-corrected chi connectivity index (χ0v) is 18.0. The Labute approximate surface area is 182 Å². The largest absolute Gasteiger partial charge is 0.459 e. The molecule has 2 aromatic heterocycles. The lowest BCUT2D eigenvalue weighted by Crippen LogP contribution is -2.32. The Kier molecular flexibility index (Phi) is 5.94. The average Bonchev–Trinajstić information content (AvgIpc) is 3.31. The molecule has 5 nitrogen and oxygen atoms in total. The Morgan fingerprint density at radius 1 is 1.28 bits per heavy atom. The summed E-state index contributed by atoms with van der Waals surface area (Å²) in [5.41, 5.74) is 1.66. The van der Waals surface area contributed by atoms with Gasteiger partial charge in [-0.3, -0.25) is 4.98 Å². The molecular formula is C21H19BrFN3O2S. The molecule has 1 N–H and O–H groups in total. The fourth-order valence-electron chi connectivity index (χ4n) is 3.49. The molecule has 0 aliphatic carbocycles. The van der Waals surface area contributed by atoms with Crippen LogP contribution in [0.2, 0.25) is 0 Å². The Morgan fingerprint density at radius 3 is 2.86 bits per heavy atom. The highest BCUT2D eigenvalue weighted by atomic mass is 79.9. The van der Waals surface area contributed by atoms with Gasteiger partial charge in [-0.25, -0.2) is 4.39 Å². The highest BCUT2D eigenvalue weighted by molar-refractivity contribution is 9.10. The van der Waals surface area contributed by atoms with Crippen molar-refractivity contribution in [1.29, 1.82) is 0 Å². The molecule has 0 spiro atoms. The summed E-state index contributed by atoms with van der Waals surface area (Å²) in [6, 6.07) is 13.8. The van der Waals surface area contributed by atoms with Crippen molar-refractivity contribution in [2.75, 3.05) is 20.3 Å². The van der Waals surface area contributed by atoms with Crippen molar-refractivity contribution < 1.29 is 13.5 Å². The first-order valence-corrected chi connectivity index (χ1v) is 10.3. The minimum absolute atomic E-state index is 0.156. The monoisotopic (exact) mass is 475 g/mol. The smallest absolute Gasteiger partial charge is 0.170 e. The lowest BCUT2D eigenvalue weighted by atomic mass is 10.0. The van der Waals surface area contributed by atoms with Crippen LogP contribution >= 0.6 is 28.1 Å². The third-order valence-corrected chi connectivity index (χ3v) is 5.86. The summed E-state index contributed by atoms with van der Waals surface area (Å²) in [6.07, 6.45) is 1.76. The number of pyridine rings is 1. The minimum atomic E-state index is -0.307. The van der Waals surface area contributed by atoms with E-state index in [0.717, 1.165) is 17.0 Å². The van der Waals surface area contributed by atoms with E-state index in [0.29, 0.717) is 28.5 Å². The molecule has 1 aliphatic heterocycles. The summed E-state index contributed by atoms with van der Waals surface area (Å²) in [5, 5.41) is 3.99. The van der Waals surface area contributed by atoms with Crippen molar-refractivity contribution in [3.63, 3.8) is 0 Å². The van der Waals surface area contributed by atoms with E-state index in [-0.39, 0.29) is 17.9 Å². The van der Waals surface area contributed by atoms with Crippen LogP contribution in [0.25, 0.3) is 11.3 Å². The Morgan fingerprint density at radius 2 is 2.14 bits per heavy atom. The van der Waals surface area contributed by atoms with Gasteiger partial charge in [0.05, 0.1) is 18.3 Å². The van der Waals surface area contributed by atoms with Gasteiger partial charge in [-0.15, -0.1) is 0 Å². The van der Waals surface area contributed by atoms with Crippen molar-refractivity contribution in [2.24, 2.45) is 0 Å². The van der Waals surface area contributed by atoms with Gasteiger partial charge < -0.3 is 19.4 Å². The average molecular weight is 476 g/mol. The molecule has 29 heavy (non-hydrogen) atoms. The van der Waals surface area contributed by atoms with E-state index >= 15 is 0 Å². The number of aromatic nitrogens is 1. The molecule has 4 rings (SSSR count). The number of thiocarbonyl (C=S) groups is 1. The van der Waals surface area contributed by atoms with Crippen LogP contribution in [-0.2, 0) is 4.74 Å². The van der Waals surface area contributed by atoms with Crippen LogP contribution < -0.4 is 5.32 Å². The van der Waals surface area contributed by atoms with Gasteiger partial charge >= 0.3 is 0 Å². The van der Waals surface area contributed by atoms with Crippen LogP contribution in [0.5, 0.6) is 0 Å². The van der Waals surface area contributed by atoms with E-state index in [1.807, 2.05) is 30.3 Å². The summed E-state index contributed by atoms with van der Waals surface area (Å²) in [6.45, 7) is 1.15. The van der Waals surface area contributed by atoms with Crippen LogP contribution in [0, 0.1) is 5.82 Å². The Bertz CT molecular complexity index is 1010. The van der Waals surface area contributed by atoms with Crippen LogP contribution in [0.15, 0.2) is 63.6 Å². The van der Waals surface area contributed by atoms with Crippen molar-refractivity contribution in [3.8, 4) is 11.3 Å². The number of halogens is 2. The third-order valence-electron chi connectivity index (χ3n) is 4.85. The lowest BCUT2D eigenvalue weighted by Gasteiger charge is -2.25. The van der Waals surface area contributed by atoms with Crippen LogP contribution in [-0.4, -0.2) is 35.3 Å². The number of methoxy groups -OCH3 is 1. The standard InChI is InChI=1S/C21H19BrFN3O2S/c1-27-11-10-26-20(19(25-21(26)29)16-4-2-3-9-24-16)18-8-7-17(28-18)14-6-5-13(23)12-15(14)22/h2-9,12,19-20H,10-11H2,1H3,(H,25,29). The first-order valence-electron chi connectivity index (χ1n) is 9.10. The van der Waals surface area contributed by atoms with Gasteiger partial charge in [-0.1, -0.05) is 6.07 Å². The molecule has 0 radical (unpaired) electrons. The maximum atomic E-state index is 13.5. The molecule has 0 saturated carbocycles. The molecule has 150 valence electrons. The van der Waals surface area contributed by atoms with E-state index in [1.165, 1.54) is 12.1 Å². The first kappa shape index (κ1) is 20.0. The van der Waals surface area contributed by atoms with E-state index in [4.69, 9.17) is 21.4 Å². The number of benzene rings is 1. The van der Waals surface area contributed by atoms with Crippen LogP contribution in [0.1, 0.15) is 23.5 Å². The molecular weight excluding hydrogens is 457 g/mol. The molecule has 2 atom stereocenters. The number of nitrogens with zero attached hydrogens (tertiary/aromatic N) is 2. The number of rotatable bonds is 6. The van der Waals surface area contributed by atoms with Crippen molar-refractivity contribution >= 4 is 33.3 Å². The molecule has 1 aromatic carbocycles. The zero-order chi connectivity index (χ0) is 20.4. The lowest BCUT2D eigenvalue weighted by molar-refractivity contribution is 0.158. The number of furan rings is 1. The zero-order valence-electron chi connectivity index (χ0n) is 15.6. The SMILES string of the molecule is COCCN1C(=S)NC(c2ccccn2)C1c1ccc(-c2ccc(F)cc2Br)o1. The minimum Gasteiger partial charge on any atom is -0.459 e. The quantitative estimate of drug-likeness (QED) is 0.513. The Hall–Kier alpha value is -2.29. The molecule has 1 saturated heterocycles. The number of hydrogen-bond donors (Lipinski definition) is 1. The highest BCUT2D eigenvalue weighted by Gasteiger charge is 2.41. The second-order valence-electron chi connectivity index (χ2n) is 6.64.